The lowest BCUT2D eigenvalue weighted by Gasteiger charge is -2.51. The van der Waals surface area contributed by atoms with Crippen molar-refractivity contribution in [1.82, 2.24) is 0 Å². The third-order valence-corrected chi connectivity index (χ3v) is 7.02. The van der Waals surface area contributed by atoms with Gasteiger partial charge in [-0.15, -0.1) is 0 Å². The highest BCUT2D eigenvalue weighted by Crippen LogP contribution is 2.57. The number of hydrogen-bond acceptors (Lipinski definition) is 3. The second kappa shape index (κ2) is 5.06. The van der Waals surface area contributed by atoms with Crippen molar-refractivity contribution in [2.75, 3.05) is 0 Å². The first-order chi connectivity index (χ1) is 9.76. The second-order valence-electron chi connectivity index (χ2n) is 5.75. The lowest BCUT2D eigenvalue weighted by Crippen LogP contribution is -2.55. The van der Waals surface area contributed by atoms with Crippen LogP contribution in [0.1, 0.15) is 39.5 Å². The van der Waals surface area contributed by atoms with Gasteiger partial charge in [-0.3, -0.25) is 0 Å². The van der Waals surface area contributed by atoms with Crippen LogP contribution in [0.15, 0.2) is 23.1 Å². The summed E-state index contributed by atoms with van der Waals surface area (Å²) in [6.45, 7) is 3.93. The summed E-state index contributed by atoms with van der Waals surface area (Å²) in [4.78, 5) is -0.330. The van der Waals surface area contributed by atoms with Gasteiger partial charge in [0.2, 0.25) is 0 Å². The molecule has 1 aromatic carbocycles. The van der Waals surface area contributed by atoms with Crippen molar-refractivity contribution >= 4 is 9.84 Å². The molecule has 1 aliphatic carbocycles. The van der Waals surface area contributed by atoms with Crippen molar-refractivity contribution in [3.63, 3.8) is 0 Å². The zero-order valence-corrected chi connectivity index (χ0v) is 12.8. The van der Waals surface area contributed by atoms with Crippen LogP contribution in [-0.4, -0.2) is 13.2 Å². The lowest BCUT2D eigenvalue weighted by atomic mass is 9.59. The monoisotopic (exact) mass is 313 g/mol. The molecule has 0 saturated heterocycles. The third-order valence-electron chi connectivity index (χ3n) is 4.74. The minimum Gasteiger partial charge on any atom is -0.222 e. The van der Waals surface area contributed by atoms with Crippen LogP contribution in [0, 0.1) is 28.4 Å². The number of benzene rings is 1. The molecule has 0 atom stereocenters. The first-order valence-corrected chi connectivity index (χ1v) is 8.35. The molecule has 0 bridgehead atoms. The Morgan fingerprint density at radius 3 is 2.19 bits per heavy atom. The molecule has 0 N–H and O–H groups in total. The molecule has 1 fully saturated rings. The first kappa shape index (κ1) is 15.9. The van der Waals surface area contributed by atoms with Gasteiger partial charge in [-0.2, -0.15) is 5.26 Å². The fourth-order valence-electron chi connectivity index (χ4n) is 3.11. The number of halogens is 2. The van der Waals surface area contributed by atoms with Gasteiger partial charge >= 0.3 is 0 Å². The smallest absolute Gasteiger partial charge is 0.197 e. The van der Waals surface area contributed by atoms with E-state index in [2.05, 4.69) is 0 Å². The minimum atomic E-state index is -4.01. The molecular formula is C15H17F2NO2S. The Balaban J connectivity index is 2.44. The topological polar surface area (TPSA) is 57.9 Å². The van der Waals surface area contributed by atoms with Crippen molar-refractivity contribution < 1.29 is 17.2 Å². The standard InChI is InChI=1S/C15H17F2NO2S/c1-3-14(4-2)8-15(9-14,10-18)21(19,20)11-5-6-12(16)13(17)7-11/h5-7H,3-4,8-9H2,1-2H3. The molecule has 0 heterocycles. The number of nitriles is 1. The molecule has 0 unspecified atom stereocenters. The molecular weight excluding hydrogens is 296 g/mol. The summed E-state index contributed by atoms with van der Waals surface area (Å²) in [5.41, 5.74) is -0.151. The van der Waals surface area contributed by atoms with Crippen LogP contribution in [0.4, 0.5) is 8.78 Å². The van der Waals surface area contributed by atoms with Gasteiger partial charge in [-0.25, -0.2) is 17.2 Å². The molecule has 21 heavy (non-hydrogen) atoms. The first-order valence-electron chi connectivity index (χ1n) is 6.87. The number of sulfone groups is 1. The lowest BCUT2D eigenvalue weighted by molar-refractivity contribution is 0.0926. The van der Waals surface area contributed by atoms with Gasteiger partial charge in [-0.1, -0.05) is 26.7 Å². The van der Waals surface area contributed by atoms with Gasteiger partial charge in [0.05, 0.1) is 11.0 Å². The molecule has 0 spiro atoms. The van der Waals surface area contributed by atoms with E-state index in [1.54, 1.807) is 0 Å². The predicted molar refractivity (Wildman–Crippen MR) is 74.1 cm³/mol. The predicted octanol–water partition coefficient (Wildman–Crippen LogP) is 3.60. The van der Waals surface area contributed by atoms with Crippen LogP contribution in [0.5, 0.6) is 0 Å². The highest BCUT2D eigenvalue weighted by molar-refractivity contribution is 7.93. The fourth-order valence-corrected chi connectivity index (χ4v) is 5.18. The van der Waals surface area contributed by atoms with Crippen molar-refractivity contribution in [2.45, 2.75) is 49.2 Å². The van der Waals surface area contributed by atoms with Crippen LogP contribution < -0.4 is 0 Å². The number of rotatable bonds is 4. The van der Waals surface area contributed by atoms with Gasteiger partial charge in [0.25, 0.3) is 0 Å². The maximum absolute atomic E-state index is 13.3. The Labute approximate surface area is 123 Å². The third kappa shape index (κ3) is 2.24. The van der Waals surface area contributed by atoms with E-state index in [-0.39, 0.29) is 23.2 Å². The highest BCUT2D eigenvalue weighted by Gasteiger charge is 2.61. The van der Waals surface area contributed by atoms with E-state index in [0.717, 1.165) is 25.0 Å². The summed E-state index contributed by atoms with van der Waals surface area (Å²) in [6, 6.07) is 4.36. The van der Waals surface area contributed by atoms with E-state index in [4.69, 9.17) is 0 Å². The maximum atomic E-state index is 13.3. The summed E-state index contributed by atoms with van der Waals surface area (Å²) in [5, 5.41) is 9.38. The molecule has 0 aliphatic heterocycles. The van der Waals surface area contributed by atoms with Crippen molar-refractivity contribution in [2.24, 2.45) is 5.41 Å². The molecule has 0 radical (unpaired) electrons. The zero-order valence-electron chi connectivity index (χ0n) is 12.0. The zero-order chi connectivity index (χ0) is 15.9. The van der Waals surface area contributed by atoms with E-state index in [0.29, 0.717) is 6.07 Å². The van der Waals surface area contributed by atoms with Crippen molar-refractivity contribution in [1.29, 1.82) is 5.26 Å². The maximum Gasteiger partial charge on any atom is 0.197 e. The summed E-state index contributed by atoms with van der Waals surface area (Å²) in [7, 11) is -4.01. The van der Waals surface area contributed by atoms with E-state index in [9.17, 15) is 22.5 Å². The van der Waals surface area contributed by atoms with Crippen LogP contribution in [-0.2, 0) is 9.84 Å². The largest absolute Gasteiger partial charge is 0.222 e. The van der Waals surface area contributed by atoms with Gasteiger partial charge < -0.3 is 0 Å². The molecule has 6 heteroatoms. The van der Waals surface area contributed by atoms with Gasteiger partial charge in [0, 0.05) is 0 Å². The second-order valence-corrected chi connectivity index (χ2v) is 8.01. The Bertz CT molecular complexity index is 695. The van der Waals surface area contributed by atoms with Crippen molar-refractivity contribution in [3.8, 4) is 6.07 Å². The summed E-state index contributed by atoms with van der Waals surface area (Å²) >= 11 is 0. The quantitative estimate of drug-likeness (QED) is 0.798. The van der Waals surface area contributed by atoms with Gasteiger partial charge in [-0.05, 0) is 36.5 Å². The van der Waals surface area contributed by atoms with Gasteiger partial charge in [0.1, 0.15) is 0 Å². The SMILES string of the molecule is CCC1(CC)CC(C#N)(S(=O)(=O)c2ccc(F)c(F)c2)C1. The molecule has 2 rings (SSSR count). The summed E-state index contributed by atoms with van der Waals surface area (Å²) in [6.07, 6.45) is 2.07. The number of hydrogen-bond donors (Lipinski definition) is 0. The van der Waals surface area contributed by atoms with E-state index >= 15 is 0 Å². The minimum absolute atomic E-state index is 0.151. The van der Waals surface area contributed by atoms with Crippen LogP contribution >= 0.6 is 0 Å². The normalized spacial score (nSPS) is 19.6. The molecule has 114 valence electrons. The Morgan fingerprint density at radius 1 is 1.19 bits per heavy atom. The van der Waals surface area contributed by atoms with Crippen molar-refractivity contribution in [3.05, 3.63) is 29.8 Å². The highest BCUT2D eigenvalue weighted by atomic mass is 32.2. The molecule has 1 saturated carbocycles. The molecule has 3 nitrogen and oxygen atoms in total. The number of nitrogens with zero attached hydrogens (tertiary/aromatic N) is 1. The summed E-state index contributed by atoms with van der Waals surface area (Å²) < 4.78 is 50.0. The Kier molecular flexibility index (Phi) is 3.83. The summed E-state index contributed by atoms with van der Waals surface area (Å²) in [5.74, 6) is -2.33. The molecule has 0 amide bonds. The average Bonchev–Trinajstić information content (AvgIpc) is 2.42. The molecule has 1 aromatic rings. The van der Waals surface area contributed by atoms with Crippen LogP contribution in [0.25, 0.3) is 0 Å². The average molecular weight is 313 g/mol. The van der Waals surface area contributed by atoms with E-state index in [1.807, 2.05) is 19.9 Å². The molecule has 1 aliphatic rings. The fraction of sp³-hybridized carbons (Fsp3) is 0.533. The van der Waals surface area contributed by atoms with Crippen LogP contribution in [0.3, 0.4) is 0 Å². The molecule has 0 aromatic heterocycles. The van der Waals surface area contributed by atoms with E-state index in [1.165, 1.54) is 0 Å². The van der Waals surface area contributed by atoms with Crippen LogP contribution in [0.2, 0.25) is 0 Å². The van der Waals surface area contributed by atoms with E-state index < -0.39 is 26.2 Å². The Hall–Kier alpha value is -1.48. The Morgan fingerprint density at radius 2 is 1.76 bits per heavy atom. The van der Waals surface area contributed by atoms with Gasteiger partial charge in [0.15, 0.2) is 26.2 Å².